The van der Waals surface area contributed by atoms with Crippen molar-refractivity contribution < 1.29 is 38.6 Å². The molecule has 2 aliphatic rings. The fourth-order valence-electron chi connectivity index (χ4n) is 2.10. The van der Waals surface area contributed by atoms with Crippen molar-refractivity contribution in [2.24, 2.45) is 0 Å². The van der Waals surface area contributed by atoms with Crippen molar-refractivity contribution in [1.82, 2.24) is 4.90 Å². The zero-order chi connectivity index (χ0) is 14.9. The molecule has 0 aromatic rings. The van der Waals surface area contributed by atoms with E-state index in [2.05, 4.69) is 4.52 Å². The molecule has 114 valence electrons. The van der Waals surface area contributed by atoms with Crippen LogP contribution in [0.1, 0.15) is 6.42 Å². The van der Waals surface area contributed by atoms with E-state index >= 15 is 0 Å². The molecule has 0 aromatic carbocycles. The molecular weight excluding hydrogens is 293 g/mol. The average Bonchev–Trinajstić information content (AvgIpc) is 2.64. The van der Waals surface area contributed by atoms with E-state index in [-0.39, 0.29) is 12.2 Å². The van der Waals surface area contributed by atoms with E-state index in [0.717, 1.165) is 0 Å². The minimum Gasteiger partial charge on any atom is -0.387 e. The Balaban J connectivity index is 1.98. The number of hydrogen-bond donors (Lipinski definition) is 4. The second-order valence-electron chi connectivity index (χ2n) is 4.60. The maximum absolute atomic E-state index is 11.1. The van der Waals surface area contributed by atoms with Gasteiger partial charge in [0, 0.05) is 19.2 Å². The smallest absolute Gasteiger partial charge is 0.387 e. The molecule has 10 heteroatoms. The van der Waals surface area contributed by atoms with Crippen LogP contribution >= 0.6 is 7.82 Å². The molecule has 2 heterocycles. The largest absolute Gasteiger partial charge is 0.469 e. The summed E-state index contributed by atoms with van der Waals surface area (Å²) in [5.74, 6) is -0.0457. The molecule has 2 aliphatic heterocycles. The first-order valence-corrected chi connectivity index (χ1v) is 7.49. The third kappa shape index (κ3) is 3.64. The van der Waals surface area contributed by atoms with Gasteiger partial charge in [-0.25, -0.2) is 4.57 Å². The Morgan fingerprint density at radius 2 is 2.10 bits per heavy atom. The summed E-state index contributed by atoms with van der Waals surface area (Å²) in [6.07, 6.45) is -1.49. The molecule has 4 atom stereocenters. The molecule has 4 N–H and O–H groups in total. The van der Waals surface area contributed by atoms with Crippen LogP contribution in [0.4, 0.5) is 0 Å². The van der Waals surface area contributed by atoms with Gasteiger partial charge < -0.3 is 29.6 Å². The van der Waals surface area contributed by atoms with E-state index in [1.54, 1.807) is 4.90 Å². The van der Waals surface area contributed by atoms with Gasteiger partial charge in [0.25, 0.3) is 0 Å². The molecule has 2 rings (SSSR count). The summed E-state index contributed by atoms with van der Waals surface area (Å²) in [7, 11) is -4.67. The topological polar surface area (TPSA) is 137 Å². The maximum Gasteiger partial charge on any atom is 0.469 e. The molecule has 0 radical (unpaired) electrons. The molecule has 9 nitrogen and oxygen atoms in total. The Morgan fingerprint density at radius 1 is 1.40 bits per heavy atom. The fraction of sp³-hybridized carbons (Fsp3) is 0.700. The number of phosphoric ester groups is 1. The van der Waals surface area contributed by atoms with Gasteiger partial charge in [0.2, 0.25) is 0 Å². The molecule has 0 saturated carbocycles. The van der Waals surface area contributed by atoms with Crippen LogP contribution < -0.4 is 0 Å². The van der Waals surface area contributed by atoms with Crippen molar-refractivity contribution >= 4 is 13.6 Å². The van der Waals surface area contributed by atoms with Crippen molar-refractivity contribution in [2.45, 2.75) is 31.0 Å². The number of nitrogens with zero attached hydrogens (tertiary/aromatic N) is 1. The lowest BCUT2D eigenvalue weighted by Crippen LogP contribution is -2.43. The SMILES string of the molecule is O=C1C=CN([C@@H]2O[C@H](COP(=O)(O)O)C(O)C2O)CC1. The molecular formula is C10H16NO8P. The van der Waals surface area contributed by atoms with Crippen molar-refractivity contribution in [1.29, 1.82) is 0 Å². The van der Waals surface area contributed by atoms with Gasteiger partial charge in [-0.15, -0.1) is 0 Å². The zero-order valence-corrected chi connectivity index (χ0v) is 11.3. The second kappa shape index (κ2) is 5.90. The number of phosphoric acid groups is 1. The number of ketones is 1. The first-order chi connectivity index (χ1) is 9.28. The van der Waals surface area contributed by atoms with E-state index in [9.17, 15) is 19.6 Å². The van der Waals surface area contributed by atoms with E-state index in [1.165, 1.54) is 12.3 Å². The van der Waals surface area contributed by atoms with Gasteiger partial charge in [0.15, 0.2) is 12.0 Å². The summed E-state index contributed by atoms with van der Waals surface area (Å²) in [5, 5.41) is 19.7. The summed E-state index contributed by atoms with van der Waals surface area (Å²) in [6.45, 7) is -0.217. The second-order valence-corrected chi connectivity index (χ2v) is 5.84. The van der Waals surface area contributed by atoms with Crippen LogP contribution in [-0.2, 0) is 18.6 Å². The van der Waals surface area contributed by atoms with Crippen molar-refractivity contribution in [3.05, 3.63) is 12.3 Å². The molecule has 20 heavy (non-hydrogen) atoms. The number of rotatable bonds is 4. The number of allylic oxidation sites excluding steroid dienone is 1. The molecule has 0 amide bonds. The normalized spacial score (nSPS) is 34.8. The molecule has 1 saturated heterocycles. The van der Waals surface area contributed by atoms with Crippen LogP contribution in [0.3, 0.4) is 0 Å². The van der Waals surface area contributed by atoms with Gasteiger partial charge >= 0.3 is 7.82 Å². The van der Waals surface area contributed by atoms with E-state index in [4.69, 9.17) is 14.5 Å². The molecule has 0 spiro atoms. The lowest BCUT2D eigenvalue weighted by molar-refractivity contribution is -0.118. The highest BCUT2D eigenvalue weighted by atomic mass is 31.2. The highest BCUT2D eigenvalue weighted by molar-refractivity contribution is 7.46. The minimum absolute atomic E-state index is 0.0457. The summed E-state index contributed by atoms with van der Waals surface area (Å²) in [6, 6.07) is 0. The van der Waals surface area contributed by atoms with Crippen LogP contribution in [0.25, 0.3) is 0 Å². The number of carbonyl (C=O) groups excluding carboxylic acids is 1. The van der Waals surface area contributed by atoms with Gasteiger partial charge in [0.05, 0.1) is 6.61 Å². The average molecular weight is 309 g/mol. The quantitative estimate of drug-likeness (QED) is 0.449. The van der Waals surface area contributed by atoms with E-state index < -0.39 is 39.0 Å². The zero-order valence-electron chi connectivity index (χ0n) is 10.4. The Bertz CT molecular complexity index is 449. The lowest BCUT2D eigenvalue weighted by Gasteiger charge is -2.30. The fourth-order valence-corrected chi connectivity index (χ4v) is 2.44. The van der Waals surface area contributed by atoms with Gasteiger partial charge in [-0.2, -0.15) is 0 Å². The molecule has 0 aliphatic carbocycles. The number of aliphatic hydroxyl groups is 2. The van der Waals surface area contributed by atoms with Crippen molar-refractivity contribution in [2.75, 3.05) is 13.2 Å². The monoisotopic (exact) mass is 309 g/mol. The van der Waals surface area contributed by atoms with E-state index in [0.29, 0.717) is 6.54 Å². The number of ether oxygens (including phenoxy) is 1. The van der Waals surface area contributed by atoms with Gasteiger partial charge in [0.1, 0.15) is 18.3 Å². The Labute approximate surface area is 114 Å². The standard InChI is InChI=1S/C10H16NO8P/c12-6-1-3-11(4-2-6)10-9(14)8(13)7(19-10)5-18-20(15,16)17/h1,3,7-10,13-14H,2,4-5H2,(H2,15,16,17)/t7-,8?,9?,10-/m1/s1. The molecule has 0 aromatic heterocycles. The summed E-state index contributed by atoms with van der Waals surface area (Å²) in [4.78, 5) is 29.8. The van der Waals surface area contributed by atoms with Gasteiger partial charge in [-0.05, 0) is 6.08 Å². The number of aliphatic hydroxyl groups excluding tert-OH is 2. The lowest BCUT2D eigenvalue weighted by atomic mass is 10.1. The van der Waals surface area contributed by atoms with Crippen molar-refractivity contribution in [3.8, 4) is 0 Å². The maximum atomic E-state index is 11.1. The number of carbonyl (C=O) groups is 1. The van der Waals surface area contributed by atoms with Crippen LogP contribution in [0, 0.1) is 0 Å². The summed E-state index contributed by atoms with van der Waals surface area (Å²) < 4.78 is 20.2. The van der Waals surface area contributed by atoms with Gasteiger partial charge in [-0.1, -0.05) is 0 Å². The Hall–Kier alpha value is -0.800. The summed E-state index contributed by atoms with van der Waals surface area (Å²) >= 11 is 0. The molecule has 0 bridgehead atoms. The first kappa shape index (κ1) is 15.6. The third-order valence-electron chi connectivity index (χ3n) is 3.14. The van der Waals surface area contributed by atoms with Crippen molar-refractivity contribution in [3.63, 3.8) is 0 Å². The molecule has 1 fully saturated rings. The third-order valence-corrected chi connectivity index (χ3v) is 3.62. The Kier molecular flexibility index (Phi) is 4.60. The predicted octanol–water partition coefficient (Wildman–Crippen LogP) is -1.67. The predicted molar refractivity (Wildman–Crippen MR) is 64.1 cm³/mol. The van der Waals surface area contributed by atoms with Crippen LogP contribution in [-0.4, -0.2) is 68.4 Å². The molecule has 2 unspecified atom stereocenters. The number of hydrogen-bond acceptors (Lipinski definition) is 7. The minimum atomic E-state index is -4.67. The van der Waals surface area contributed by atoms with Gasteiger partial charge in [-0.3, -0.25) is 9.32 Å². The van der Waals surface area contributed by atoms with Crippen LogP contribution in [0.2, 0.25) is 0 Å². The Morgan fingerprint density at radius 3 is 2.65 bits per heavy atom. The summed E-state index contributed by atoms with van der Waals surface area (Å²) in [5.41, 5.74) is 0. The highest BCUT2D eigenvalue weighted by Gasteiger charge is 2.45. The van der Waals surface area contributed by atoms with Crippen LogP contribution in [0.15, 0.2) is 12.3 Å². The first-order valence-electron chi connectivity index (χ1n) is 5.96. The highest BCUT2D eigenvalue weighted by Crippen LogP contribution is 2.37. The van der Waals surface area contributed by atoms with Crippen LogP contribution in [0.5, 0.6) is 0 Å². The van der Waals surface area contributed by atoms with E-state index in [1.807, 2.05) is 0 Å².